The van der Waals surface area contributed by atoms with Gasteiger partial charge >= 0.3 is 0 Å². The number of amides is 2. The van der Waals surface area contributed by atoms with Crippen LogP contribution in [-0.4, -0.2) is 40.2 Å². The lowest BCUT2D eigenvalue weighted by atomic mass is 9.94. The minimum absolute atomic E-state index is 0.0584. The third-order valence-corrected chi connectivity index (χ3v) is 4.59. The number of nitro benzene ring substituents is 1. The molecule has 0 aromatic heterocycles. The van der Waals surface area contributed by atoms with Gasteiger partial charge in [-0.3, -0.25) is 19.7 Å². The molecule has 0 spiro atoms. The normalized spacial score (nSPS) is 13.3. The Morgan fingerprint density at radius 2 is 1.83 bits per heavy atom. The van der Waals surface area contributed by atoms with Crippen molar-refractivity contribution in [2.45, 2.75) is 0 Å². The standard InChI is InChI=1S/C20H13N3O6/c1-29-17-9-11(5-8-16(17)24)10-21-22-19(25)13-4-2-3-12-15(23(27)28)7-6-14(18(12)13)20(22)26/h2-10,24H,1H3. The molecular weight excluding hydrogens is 378 g/mol. The number of ether oxygens (including phenoxy) is 1. The highest BCUT2D eigenvalue weighted by Crippen LogP contribution is 2.35. The summed E-state index contributed by atoms with van der Waals surface area (Å²) in [4.78, 5) is 36.4. The quantitative estimate of drug-likeness (QED) is 0.316. The molecule has 3 aromatic rings. The fourth-order valence-corrected chi connectivity index (χ4v) is 3.23. The van der Waals surface area contributed by atoms with E-state index in [1.807, 2.05) is 0 Å². The summed E-state index contributed by atoms with van der Waals surface area (Å²) < 4.78 is 5.02. The number of carbonyl (C=O) groups excluding carboxylic acids is 2. The smallest absolute Gasteiger partial charge is 0.282 e. The molecule has 1 aliphatic rings. The van der Waals surface area contributed by atoms with Crippen molar-refractivity contribution in [1.29, 1.82) is 0 Å². The first-order valence-electron chi connectivity index (χ1n) is 8.42. The van der Waals surface area contributed by atoms with E-state index in [4.69, 9.17) is 4.74 Å². The van der Waals surface area contributed by atoms with Crippen LogP contribution in [0.1, 0.15) is 26.3 Å². The van der Waals surface area contributed by atoms with Crippen LogP contribution < -0.4 is 4.74 Å². The fourth-order valence-electron chi connectivity index (χ4n) is 3.23. The number of phenolic OH excluding ortho intramolecular Hbond substituents is 1. The minimum Gasteiger partial charge on any atom is -0.504 e. The molecule has 1 heterocycles. The van der Waals surface area contributed by atoms with Gasteiger partial charge in [-0.1, -0.05) is 6.07 Å². The molecule has 4 rings (SSSR count). The Hall–Kier alpha value is -4.27. The topological polar surface area (TPSA) is 122 Å². The number of benzene rings is 3. The van der Waals surface area contributed by atoms with Gasteiger partial charge in [-0.05, 0) is 42.0 Å². The first-order valence-corrected chi connectivity index (χ1v) is 8.42. The molecule has 0 unspecified atom stereocenters. The average molecular weight is 391 g/mol. The summed E-state index contributed by atoms with van der Waals surface area (Å²) in [5.74, 6) is -1.21. The predicted octanol–water partition coefficient (Wildman–Crippen LogP) is 3.09. The van der Waals surface area contributed by atoms with E-state index in [1.165, 1.54) is 61.9 Å². The number of nitrogens with zero attached hydrogens (tertiary/aromatic N) is 3. The fraction of sp³-hybridized carbons (Fsp3) is 0.0500. The van der Waals surface area contributed by atoms with E-state index in [-0.39, 0.29) is 39.1 Å². The predicted molar refractivity (Wildman–Crippen MR) is 103 cm³/mol. The van der Waals surface area contributed by atoms with Crippen molar-refractivity contribution in [3.8, 4) is 11.5 Å². The summed E-state index contributed by atoms with van der Waals surface area (Å²) in [5.41, 5.74) is 0.620. The summed E-state index contributed by atoms with van der Waals surface area (Å²) >= 11 is 0. The molecule has 0 fully saturated rings. The lowest BCUT2D eigenvalue weighted by Crippen LogP contribution is -2.36. The van der Waals surface area contributed by atoms with E-state index in [2.05, 4.69) is 5.10 Å². The maximum absolute atomic E-state index is 12.9. The first-order chi connectivity index (χ1) is 13.9. The Kier molecular flexibility index (Phi) is 4.19. The monoisotopic (exact) mass is 391 g/mol. The van der Waals surface area contributed by atoms with Gasteiger partial charge in [0, 0.05) is 11.5 Å². The van der Waals surface area contributed by atoms with Crippen LogP contribution in [0.5, 0.6) is 11.5 Å². The number of imide groups is 1. The largest absolute Gasteiger partial charge is 0.504 e. The molecular formula is C20H13N3O6. The van der Waals surface area contributed by atoms with Crippen LogP contribution in [0.3, 0.4) is 0 Å². The second-order valence-electron chi connectivity index (χ2n) is 6.22. The van der Waals surface area contributed by atoms with Gasteiger partial charge in [0.05, 0.1) is 34.8 Å². The van der Waals surface area contributed by atoms with Crippen LogP contribution in [-0.2, 0) is 0 Å². The maximum atomic E-state index is 12.9. The van der Waals surface area contributed by atoms with Gasteiger partial charge in [0.2, 0.25) is 0 Å². The number of aromatic hydroxyl groups is 1. The van der Waals surface area contributed by atoms with Crippen molar-refractivity contribution in [2.24, 2.45) is 5.10 Å². The Labute approximate surface area is 163 Å². The van der Waals surface area contributed by atoms with Gasteiger partial charge < -0.3 is 9.84 Å². The second-order valence-corrected chi connectivity index (χ2v) is 6.22. The van der Waals surface area contributed by atoms with Gasteiger partial charge in [-0.25, -0.2) is 0 Å². The number of hydrogen-bond donors (Lipinski definition) is 1. The van der Waals surface area contributed by atoms with Gasteiger partial charge in [0.1, 0.15) is 0 Å². The molecule has 0 aliphatic carbocycles. The molecule has 0 bridgehead atoms. The third kappa shape index (κ3) is 2.85. The zero-order valence-electron chi connectivity index (χ0n) is 15.0. The maximum Gasteiger partial charge on any atom is 0.282 e. The molecule has 144 valence electrons. The van der Waals surface area contributed by atoms with Crippen molar-refractivity contribution < 1.29 is 24.4 Å². The van der Waals surface area contributed by atoms with Crippen molar-refractivity contribution in [3.05, 3.63) is 75.3 Å². The first kappa shape index (κ1) is 18.1. The van der Waals surface area contributed by atoms with Crippen LogP contribution in [0.25, 0.3) is 10.8 Å². The number of non-ortho nitro benzene ring substituents is 1. The molecule has 0 saturated carbocycles. The van der Waals surface area contributed by atoms with Crippen LogP contribution in [0.4, 0.5) is 5.69 Å². The molecule has 1 N–H and O–H groups in total. The average Bonchev–Trinajstić information content (AvgIpc) is 2.72. The molecule has 29 heavy (non-hydrogen) atoms. The number of hydrazone groups is 1. The van der Waals surface area contributed by atoms with E-state index in [0.717, 1.165) is 0 Å². The molecule has 2 amide bonds. The summed E-state index contributed by atoms with van der Waals surface area (Å²) in [6.45, 7) is 0. The Morgan fingerprint density at radius 3 is 2.52 bits per heavy atom. The van der Waals surface area contributed by atoms with Gasteiger partial charge in [-0.15, -0.1) is 0 Å². The number of carbonyl (C=O) groups is 2. The van der Waals surface area contributed by atoms with Crippen molar-refractivity contribution in [2.75, 3.05) is 7.11 Å². The summed E-state index contributed by atoms with van der Waals surface area (Å²) in [7, 11) is 1.39. The van der Waals surface area contributed by atoms with Crippen LogP contribution in [0, 0.1) is 10.1 Å². The SMILES string of the molecule is COc1cc(C=NN2C(=O)c3cccc4c([N+](=O)[O-])ccc(c34)C2=O)ccc1O. The lowest BCUT2D eigenvalue weighted by molar-refractivity contribution is -0.383. The number of methoxy groups -OCH3 is 1. The van der Waals surface area contributed by atoms with E-state index in [1.54, 1.807) is 0 Å². The number of phenols is 1. The van der Waals surface area contributed by atoms with Crippen molar-refractivity contribution >= 4 is 34.5 Å². The summed E-state index contributed by atoms with van der Waals surface area (Å²) in [6, 6.07) is 11.5. The summed E-state index contributed by atoms with van der Waals surface area (Å²) in [6.07, 6.45) is 1.29. The van der Waals surface area contributed by atoms with Gasteiger partial charge in [-0.2, -0.15) is 10.1 Å². The highest BCUT2D eigenvalue weighted by atomic mass is 16.6. The molecule has 3 aromatic carbocycles. The minimum atomic E-state index is -0.685. The molecule has 1 aliphatic heterocycles. The van der Waals surface area contributed by atoms with E-state index < -0.39 is 16.7 Å². The Balaban J connectivity index is 1.79. The highest BCUT2D eigenvalue weighted by molar-refractivity contribution is 6.26. The number of hydrogen-bond acceptors (Lipinski definition) is 7. The van der Waals surface area contributed by atoms with Crippen LogP contribution >= 0.6 is 0 Å². The van der Waals surface area contributed by atoms with E-state index >= 15 is 0 Å². The van der Waals surface area contributed by atoms with Gasteiger partial charge in [0.25, 0.3) is 17.5 Å². The Bertz CT molecular complexity index is 1210. The van der Waals surface area contributed by atoms with Gasteiger partial charge in [0.15, 0.2) is 11.5 Å². The third-order valence-electron chi connectivity index (χ3n) is 4.59. The van der Waals surface area contributed by atoms with Crippen molar-refractivity contribution in [3.63, 3.8) is 0 Å². The van der Waals surface area contributed by atoms with Crippen molar-refractivity contribution in [1.82, 2.24) is 5.01 Å². The number of rotatable bonds is 4. The second kappa shape index (κ2) is 6.71. The Morgan fingerprint density at radius 1 is 1.10 bits per heavy atom. The molecule has 9 heteroatoms. The van der Waals surface area contributed by atoms with E-state index in [9.17, 15) is 24.8 Å². The molecule has 9 nitrogen and oxygen atoms in total. The van der Waals surface area contributed by atoms with Crippen LogP contribution in [0.15, 0.2) is 53.6 Å². The highest BCUT2D eigenvalue weighted by Gasteiger charge is 2.34. The lowest BCUT2D eigenvalue weighted by Gasteiger charge is -2.23. The van der Waals surface area contributed by atoms with Crippen LogP contribution in [0.2, 0.25) is 0 Å². The summed E-state index contributed by atoms with van der Waals surface area (Å²) in [5, 5.41) is 26.1. The molecule has 0 radical (unpaired) electrons. The number of nitro groups is 1. The van der Waals surface area contributed by atoms with E-state index in [0.29, 0.717) is 10.6 Å². The molecule has 0 atom stereocenters. The zero-order valence-corrected chi connectivity index (χ0v) is 15.0. The zero-order chi connectivity index (χ0) is 20.7. The molecule has 0 saturated heterocycles.